The van der Waals surface area contributed by atoms with Crippen LogP contribution in [0.4, 0.5) is 21.0 Å². The van der Waals surface area contributed by atoms with Crippen molar-refractivity contribution in [2.75, 3.05) is 145 Å². The molecule has 8 heterocycles. The van der Waals surface area contributed by atoms with Gasteiger partial charge in [-0.15, -0.1) is 0 Å². The molecule has 0 saturated carbocycles. The van der Waals surface area contributed by atoms with Gasteiger partial charge in [-0.3, -0.25) is 49.1 Å². The number of piperidine rings is 2. The topological polar surface area (TPSA) is 550 Å². The standard InChI is InChI=1S/C95H137ClN14O30/c1-55(2)80(102-73(111)28-38-131-42-44-133-40-31-98-63-23-32-107(33-24-63)75(113)27-36-110-65(53-104(9)97-8)50-62-17-15-30-99-86(62)110)88(122)100-58(5)87(121)101-66-20-19-60(48-68(66)136-91-83(120)81(118)82(119)84(139-91)89(123)124)54-135-93(127)108-34-25-64(26-35-108)109(37-41-134-45-43-132-39-29-78(116)117)76(114)22-21-74(112)105(10)59(6)90(125)138-72-51-77(115)106(11)67-47-61(49-69(129-12)79(67)96)46-56(3)16-14-18-71(130-13)95(128)52-70(137-92(126)103-95)57(4)85-94(72,7)140-85/h14-20,30,47-50,55,57-59,63-64,70-72,80-85,91,97-98,118-120,128H,21-29,31-46,51-54H2,1-13H3,(H,100,122)(H,101,121)(H,102,111)(H,103,126)(H,116,117)(H,123,124)/b18-14+,56-16+/t57-,58+,59+,70+,71-,72+,80+,81+,82+,83-,84+,85?,91-,94-,95+/m1/s1. The molecule has 9 amide bonds. The van der Waals surface area contributed by atoms with Crippen LogP contribution in [0.5, 0.6) is 11.5 Å². The third kappa shape index (κ3) is 30.4. The number of ether oxygens (including phenoxy) is 12. The van der Waals surface area contributed by atoms with Gasteiger partial charge in [-0.1, -0.05) is 62.2 Å². The van der Waals surface area contributed by atoms with Gasteiger partial charge in [0.05, 0.1) is 96.8 Å². The Balaban J connectivity index is 0.706. The van der Waals surface area contributed by atoms with Gasteiger partial charge in [0.15, 0.2) is 11.8 Å². The molecule has 0 spiro atoms. The summed E-state index contributed by atoms with van der Waals surface area (Å²) < 4.78 is 71.6. The van der Waals surface area contributed by atoms with Crippen LogP contribution in [-0.2, 0) is 121 Å². The van der Waals surface area contributed by atoms with E-state index in [1.165, 1.54) is 75.1 Å². The van der Waals surface area contributed by atoms with E-state index >= 15 is 0 Å². The van der Waals surface area contributed by atoms with E-state index in [9.17, 15) is 83.1 Å². The summed E-state index contributed by atoms with van der Waals surface area (Å²) in [5.41, 5.74) is 3.49. The number of aliphatic hydroxyl groups is 4. The number of hydrazine groups is 1. The second-order valence-electron chi connectivity index (χ2n) is 36.4. The van der Waals surface area contributed by atoms with Gasteiger partial charge in [0.2, 0.25) is 47.6 Å². The van der Waals surface area contributed by atoms with E-state index in [0.717, 1.165) is 40.0 Å². The molecule has 5 fully saturated rings. The number of aryl methyl sites for hydroxylation is 1. The van der Waals surface area contributed by atoms with Gasteiger partial charge in [0.25, 0.3) is 0 Å². The number of halogens is 1. The maximum atomic E-state index is 14.7. The molecule has 6 aliphatic heterocycles. The Morgan fingerprint density at radius 2 is 1.46 bits per heavy atom. The SMILES string of the molecule is CNN(C)Cc1cc2cccnc2n1CCC(=O)N1CCC(NCCOCCOCCC(=O)N[C@H](C(=O)N[C@@H](C)C(=O)Nc2ccc(COC(=O)N3CCC(N(CCOCCOCCC(=O)O)C(=O)CCC(=O)N(C)[C@@H](C)C(=O)O[C@H]4CC(=O)N(C)c5cc(cc(OC)c5Cl)C/C(C)=C/C=C/[C@@H](OC)[C@@]5(O)C[C@H](OC(=O)N5)[C@@H](C)C5O[C@@]54C)CC3)cc2O[C@@H]2O[C@H](C(=O)O)[C@@H](O)[C@H](O)[C@H]2O)C(C)C)CC1. The zero-order valence-electron chi connectivity index (χ0n) is 81.6. The number of nitrogens with one attached hydrogen (secondary N) is 6. The number of hydrogen-bond donors (Lipinski definition) is 12. The number of allylic oxidation sites excluding steroid dienone is 3. The molecule has 2 aromatic carbocycles. The second kappa shape index (κ2) is 52.3. The molecule has 45 heteroatoms. The summed E-state index contributed by atoms with van der Waals surface area (Å²) in [6.07, 6.45) is -8.69. The lowest BCUT2D eigenvalue weighted by atomic mass is 9.83. The summed E-state index contributed by atoms with van der Waals surface area (Å²) in [7, 11) is 9.47. The highest BCUT2D eigenvalue weighted by molar-refractivity contribution is 6.35. The first-order valence-corrected chi connectivity index (χ1v) is 47.6. The van der Waals surface area contributed by atoms with Gasteiger partial charge >= 0.3 is 30.1 Å². The number of likely N-dealkylation sites (tertiary alicyclic amines) is 2. The Morgan fingerprint density at radius 1 is 0.779 bits per heavy atom. The van der Waals surface area contributed by atoms with Gasteiger partial charge in [-0.05, 0) is 126 Å². The van der Waals surface area contributed by atoms with E-state index in [-0.39, 0.29) is 150 Å². The summed E-state index contributed by atoms with van der Waals surface area (Å²) in [5, 5.41) is 80.4. The number of amides is 9. The fraction of sp³-hybridized carbons (Fsp3) is 0.632. The number of anilines is 2. The van der Waals surface area contributed by atoms with E-state index in [4.69, 9.17) is 73.5 Å². The van der Waals surface area contributed by atoms with Crippen molar-refractivity contribution in [3.63, 3.8) is 0 Å². The number of alkyl carbamates (subject to hydrolysis) is 1. The number of fused-ring (bicyclic) bond motifs is 6. The highest BCUT2D eigenvalue weighted by Crippen LogP contribution is 2.50. The third-order valence-electron chi connectivity index (χ3n) is 26.1. The van der Waals surface area contributed by atoms with Gasteiger partial charge < -0.3 is 138 Å². The number of benzene rings is 2. The molecule has 774 valence electrons. The Kier molecular flexibility index (Phi) is 41.5. The van der Waals surface area contributed by atoms with E-state index in [0.29, 0.717) is 57.7 Å². The molecule has 10 rings (SSSR count). The first kappa shape index (κ1) is 111. The van der Waals surface area contributed by atoms with Crippen LogP contribution in [0.2, 0.25) is 5.02 Å². The molecule has 15 atom stereocenters. The largest absolute Gasteiger partial charge is 0.495 e. The molecule has 4 aromatic rings. The van der Waals surface area contributed by atoms with E-state index in [2.05, 4.69) is 47.6 Å². The number of aliphatic carboxylic acids is 2. The number of aromatic nitrogens is 2. The number of methoxy groups -OCH3 is 2. The Morgan fingerprint density at radius 3 is 2.13 bits per heavy atom. The van der Waals surface area contributed by atoms with Crippen LogP contribution >= 0.6 is 11.6 Å². The number of hydrogen-bond acceptors (Lipinski definition) is 32. The molecular formula is C95H137ClN14O30. The monoisotopic (exact) mass is 1990 g/mol. The van der Waals surface area contributed by atoms with Crippen molar-refractivity contribution in [2.24, 2.45) is 11.8 Å². The predicted molar refractivity (Wildman–Crippen MR) is 504 cm³/mol. The molecule has 4 bridgehead atoms. The Labute approximate surface area is 817 Å². The number of aliphatic hydroxyl groups excluding tert-OH is 3. The number of carbonyl (C=O) groups excluding carboxylic acids is 10. The van der Waals surface area contributed by atoms with Crippen molar-refractivity contribution >= 4 is 105 Å². The maximum absolute atomic E-state index is 14.7. The van der Waals surface area contributed by atoms with Crippen molar-refractivity contribution in [3.05, 3.63) is 100 Å². The Bertz CT molecular complexity index is 4990. The van der Waals surface area contributed by atoms with Gasteiger partial charge in [-0.25, -0.2) is 29.2 Å². The molecule has 5 saturated heterocycles. The minimum absolute atomic E-state index is 0.00794. The van der Waals surface area contributed by atoms with Crippen LogP contribution in [0.25, 0.3) is 11.0 Å². The van der Waals surface area contributed by atoms with Gasteiger partial charge in [0, 0.05) is 141 Å². The lowest BCUT2D eigenvalue weighted by molar-refractivity contribution is -0.271. The molecule has 12 N–H and O–H groups in total. The van der Waals surface area contributed by atoms with Crippen molar-refractivity contribution in [1.29, 1.82) is 0 Å². The number of epoxide rings is 1. The molecular weight excluding hydrogens is 1850 g/mol. The third-order valence-corrected chi connectivity index (χ3v) is 26.4. The highest BCUT2D eigenvalue weighted by Gasteiger charge is 2.65. The first-order valence-electron chi connectivity index (χ1n) is 47.2. The number of esters is 1. The van der Waals surface area contributed by atoms with Gasteiger partial charge in [0.1, 0.15) is 89.1 Å². The Hall–Kier alpha value is -10.8. The molecule has 44 nitrogen and oxygen atoms in total. The van der Waals surface area contributed by atoms with Crippen LogP contribution in [0.3, 0.4) is 0 Å². The molecule has 2 aromatic heterocycles. The molecule has 0 radical (unpaired) electrons. The summed E-state index contributed by atoms with van der Waals surface area (Å²) in [6.45, 7) is 14.8. The maximum Gasteiger partial charge on any atom is 0.410 e. The zero-order valence-corrected chi connectivity index (χ0v) is 82.4. The number of nitrogens with zero attached hydrogens (tertiary/aromatic N) is 8. The van der Waals surface area contributed by atoms with Crippen LogP contribution in [0.1, 0.15) is 136 Å². The minimum Gasteiger partial charge on any atom is -0.495 e. The fourth-order valence-corrected chi connectivity index (χ4v) is 17.7. The van der Waals surface area contributed by atoms with Crippen LogP contribution < -0.4 is 46.4 Å². The number of carbonyl (C=O) groups is 12. The number of pyridine rings is 1. The number of carboxylic acid groups (broad SMARTS) is 2. The van der Waals surface area contributed by atoms with Crippen molar-refractivity contribution in [2.45, 2.75) is 242 Å². The number of rotatable bonds is 45. The fourth-order valence-electron chi connectivity index (χ4n) is 17.4. The lowest BCUT2D eigenvalue weighted by Gasteiger charge is -2.42. The van der Waals surface area contributed by atoms with Crippen molar-refractivity contribution in [3.8, 4) is 11.5 Å². The molecule has 140 heavy (non-hydrogen) atoms. The zero-order chi connectivity index (χ0) is 102. The molecule has 6 aliphatic rings. The first-order chi connectivity index (χ1) is 66.6. The summed E-state index contributed by atoms with van der Waals surface area (Å²) in [6, 6.07) is 9.38. The highest BCUT2D eigenvalue weighted by atomic mass is 35.5. The van der Waals surface area contributed by atoms with Crippen molar-refractivity contribution in [1.82, 2.24) is 60.9 Å². The number of likely N-dealkylation sites (N-methyl/N-ethyl adjacent to an activating group) is 1. The summed E-state index contributed by atoms with van der Waals surface area (Å²) in [4.78, 5) is 175. The lowest BCUT2D eigenvalue weighted by Crippen LogP contribution is -2.63. The average molecular weight is 1990 g/mol. The van der Waals surface area contributed by atoms with Crippen LogP contribution in [0, 0.1) is 11.8 Å². The van der Waals surface area contributed by atoms with E-state index < -0.39 is 187 Å². The summed E-state index contributed by atoms with van der Waals surface area (Å²) >= 11 is 6.90. The quantitative estimate of drug-likeness (QED) is 0.00993. The molecule has 0 aliphatic carbocycles. The normalized spacial score (nSPS) is 24.4. The second-order valence-corrected chi connectivity index (χ2v) is 36.8. The average Bonchev–Trinajstić information content (AvgIpc) is 1.57. The van der Waals surface area contributed by atoms with Crippen LogP contribution in [0.15, 0.2) is 78.5 Å². The predicted octanol–water partition coefficient (Wildman–Crippen LogP) is 3.30. The van der Waals surface area contributed by atoms with Crippen molar-refractivity contribution < 1.29 is 145 Å². The van der Waals surface area contributed by atoms with Crippen LogP contribution in [-0.4, -0.2) is 367 Å². The van der Waals surface area contributed by atoms with E-state index in [1.54, 1.807) is 64.3 Å². The number of carboxylic acids is 2. The molecule has 1 unspecified atom stereocenters. The summed E-state index contributed by atoms with van der Waals surface area (Å²) in [5.74, 6) is -8.65. The van der Waals surface area contributed by atoms with Gasteiger partial charge in [-0.2, -0.15) is 0 Å². The van der Waals surface area contributed by atoms with E-state index in [1.807, 2.05) is 43.1 Å². The smallest absolute Gasteiger partial charge is 0.410 e. The minimum atomic E-state index is -2.11.